The largest absolute Gasteiger partial charge is 0.379 e. The molecule has 0 radical (unpaired) electrons. The van der Waals surface area contributed by atoms with E-state index < -0.39 is 0 Å². The number of morpholine rings is 1. The fourth-order valence-corrected chi connectivity index (χ4v) is 1.24. The van der Waals surface area contributed by atoms with E-state index in [4.69, 9.17) is 4.74 Å². The van der Waals surface area contributed by atoms with Crippen LogP contribution in [0.1, 0.15) is 0 Å². The Morgan fingerprint density at radius 1 is 1.45 bits per heavy atom. The molecule has 1 aliphatic heterocycles. The fraction of sp³-hybridized carbons (Fsp3) is 1.00. The minimum Gasteiger partial charge on any atom is -0.379 e. The molecule has 4 heteroatoms. The zero-order valence-electron chi connectivity index (χ0n) is 7.12. The Bertz CT molecular complexity index is 105. The molecule has 1 atom stereocenters. The van der Waals surface area contributed by atoms with Crippen molar-refractivity contribution in [1.29, 1.82) is 0 Å². The van der Waals surface area contributed by atoms with Gasteiger partial charge in [-0.15, -0.1) is 0 Å². The molecule has 0 spiro atoms. The van der Waals surface area contributed by atoms with Gasteiger partial charge in [-0.1, -0.05) is 9.39 Å². The maximum absolute atomic E-state index is 5.25. The van der Waals surface area contributed by atoms with Crippen LogP contribution in [0.4, 0.5) is 0 Å². The molecule has 1 aliphatic rings. The first kappa shape index (κ1) is 9.40. The normalized spacial score (nSPS) is 21.0. The van der Waals surface area contributed by atoms with E-state index in [1.54, 1.807) is 0 Å². The topological polar surface area (TPSA) is 15.7 Å². The third kappa shape index (κ3) is 4.02. The first-order chi connectivity index (χ1) is 5.29. The smallest absolute Gasteiger partial charge is 0.0594 e. The Balaban J connectivity index is 2.05. The molecular weight excluding hydrogens is 159 g/mol. The Kier molecular flexibility index (Phi) is 4.31. The van der Waals surface area contributed by atoms with Gasteiger partial charge in [0.25, 0.3) is 0 Å². The molecule has 0 aliphatic carbocycles. The van der Waals surface area contributed by atoms with Gasteiger partial charge >= 0.3 is 0 Å². The summed E-state index contributed by atoms with van der Waals surface area (Å²) in [5.74, 6) is 0. The number of rotatable bonds is 3. The first-order valence-electron chi connectivity index (χ1n) is 4.05. The third-order valence-corrected chi connectivity index (χ3v) is 2.13. The van der Waals surface area contributed by atoms with Crippen molar-refractivity contribution in [1.82, 2.24) is 9.57 Å². The highest BCUT2D eigenvalue weighted by Gasteiger charge is 2.09. The molecule has 0 aromatic carbocycles. The van der Waals surface area contributed by atoms with Crippen LogP contribution in [0, 0.1) is 0 Å². The summed E-state index contributed by atoms with van der Waals surface area (Å²) in [6.45, 7) is 6.27. The minimum absolute atomic E-state index is 0.903. The molecule has 0 bridgehead atoms. The summed E-state index contributed by atoms with van der Waals surface area (Å²) in [7, 11) is 4.75. The quantitative estimate of drug-likeness (QED) is 0.565. The second-order valence-electron chi connectivity index (χ2n) is 2.93. The van der Waals surface area contributed by atoms with Crippen LogP contribution in [-0.2, 0) is 4.74 Å². The van der Waals surface area contributed by atoms with Crippen LogP contribution in [0.25, 0.3) is 0 Å². The van der Waals surface area contributed by atoms with Crippen molar-refractivity contribution in [2.45, 2.75) is 0 Å². The van der Waals surface area contributed by atoms with Crippen molar-refractivity contribution in [2.75, 3.05) is 46.4 Å². The zero-order chi connectivity index (χ0) is 8.10. The van der Waals surface area contributed by atoms with Gasteiger partial charge in [0, 0.05) is 26.2 Å². The molecule has 0 aromatic heterocycles. The van der Waals surface area contributed by atoms with Crippen LogP contribution in [0.5, 0.6) is 0 Å². The lowest BCUT2D eigenvalue weighted by atomic mass is 10.4. The molecule has 1 rings (SSSR count). The standard InChI is InChI=1S/C7H17N2OP/c1-8(11)2-3-9-4-6-10-7-5-9/h2-7,11H2,1H3. The van der Waals surface area contributed by atoms with E-state index in [1.807, 2.05) is 0 Å². The van der Waals surface area contributed by atoms with Crippen LogP contribution in [-0.4, -0.2) is 56.0 Å². The number of hydrogen-bond acceptors (Lipinski definition) is 3. The lowest BCUT2D eigenvalue weighted by Crippen LogP contribution is -2.39. The van der Waals surface area contributed by atoms with E-state index in [0.717, 1.165) is 39.4 Å². The van der Waals surface area contributed by atoms with E-state index in [2.05, 4.69) is 26.0 Å². The number of ether oxygens (including phenoxy) is 1. The van der Waals surface area contributed by atoms with Crippen molar-refractivity contribution in [2.24, 2.45) is 0 Å². The molecule has 0 saturated carbocycles. The average Bonchev–Trinajstić information content (AvgIpc) is 2.03. The predicted octanol–water partition coefficient (Wildman–Crippen LogP) is 0.0405. The van der Waals surface area contributed by atoms with Gasteiger partial charge in [0.15, 0.2) is 0 Å². The van der Waals surface area contributed by atoms with Gasteiger partial charge in [-0.05, 0) is 7.05 Å². The van der Waals surface area contributed by atoms with E-state index in [0.29, 0.717) is 0 Å². The van der Waals surface area contributed by atoms with Gasteiger partial charge in [0.2, 0.25) is 0 Å². The summed E-state index contributed by atoms with van der Waals surface area (Å²) in [5.41, 5.74) is 0. The molecular formula is C7H17N2OP. The van der Waals surface area contributed by atoms with Crippen LogP contribution in [0.15, 0.2) is 0 Å². The first-order valence-corrected chi connectivity index (χ1v) is 4.56. The Hall–Kier alpha value is 0.310. The molecule has 0 N–H and O–H groups in total. The monoisotopic (exact) mass is 176 g/mol. The van der Waals surface area contributed by atoms with Crippen LogP contribution < -0.4 is 0 Å². The molecule has 0 amide bonds. The van der Waals surface area contributed by atoms with Gasteiger partial charge in [-0.2, -0.15) is 0 Å². The van der Waals surface area contributed by atoms with Gasteiger partial charge in [0.05, 0.1) is 13.2 Å². The molecule has 3 nitrogen and oxygen atoms in total. The van der Waals surface area contributed by atoms with Gasteiger partial charge < -0.3 is 4.74 Å². The van der Waals surface area contributed by atoms with Crippen LogP contribution >= 0.6 is 9.39 Å². The Morgan fingerprint density at radius 2 is 2.09 bits per heavy atom. The second-order valence-corrected chi connectivity index (χ2v) is 3.82. The third-order valence-electron chi connectivity index (χ3n) is 1.87. The summed E-state index contributed by atoms with van der Waals surface area (Å²) in [6, 6.07) is 0. The average molecular weight is 176 g/mol. The minimum atomic E-state index is 0.903. The summed E-state index contributed by atoms with van der Waals surface area (Å²) in [6.07, 6.45) is 0. The van der Waals surface area contributed by atoms with Gasteiger partial charge in [0.1, 0.15) is 0 Å². The van der Waals surface area contributed by atoms with Crippen LogP contribution in [0.2, 0.25) is 0 Å². The Morgan fingerprint density at radius 3 is 2.64 bits per heavy atom. The molecule has 11 heavy (non-hydrogen) atoms. The highest BCUT2D eigenvalue weighted by Crippen LogP contribution is 1.98. The van der Waals surface area contributed by atoms with E-state index in [-0.39, 0.29) is 0 Å². The number of hydrogen-bond donors (Lipinski definition) is 0. The van der Waals surface area contributed by atoms with Gasteiger partial charge in [-0.3, -0.25) is 9.57 Å². The van der Waals surface area contributed by atoms with Gasteiger partial charge in [-0.25, -0.2) is 0 Å². The lowest BCUT2D eigenvalue weighted by Gasteiger charge is -2.27. The van der Waals surface area contributed by atoms with E-state index in [9.17, 15) is 0 Å². The summed E-state index contributed by atoms with van der Waals surface area (Å²) in [5, 5.41) is 0. The summed E-state index contributed by atoms with van der Waals surface area (Å²) >= 11 is 0. The summed E-state index contributed by atoms with van der Waals surface area (Å²) in [4.78, 5) is 2.43. The maximum atomic E-state index is 5.25. The highest BCUT2D eigenvalue weighted by atomic mass is 31.0. The lowest BCUT2D eigenvalue weighted by molar-refractivity contribution is 0.0370. The molecule has 1 fully saturated rings. The van der Waals surface area contributed by atoms with Crippen molar-refractivity contribution in [3.8, 4) is 0 Å². The molecule has 66 valence electrons. The number of likely N-dealkylation sites (N-methyl/N-ethyl adjacent to an activating group) is 1. The van der Waals surface area contributed by atoms with E-state index in [1.165, 1.54) is 0 Å². The van der Waals surface area contributed by atoms with Crippen molar-refractivity contribution >= 4 is 9.39 Å². The molecule has 0 aromatic rings. The van der Waals surface area contributed by atoms with Crippen molar-refractivity contribution in [3.63, 3.8) is 0 Å². The SMILES string of the molecule is CN(P)CCN1CCOCC1. The Labute approximate surface area is 70.9 Å². The fourth-order valence-electron chi connectivity index (χ4n) is 1.12. The van der Waals surface area contributed by atoms with Crippen molar-refractivity contribution in [3.05, 3.63) is 0 Å². The second kappa shape index (κ2) is 5.04. The summed E-state index contributed by atoms with van der Waals surface area (Å²) < 4.78 is 7.38. The van der Waals surface area contributed by atoms with E-state index >= 15 is 0 Å². The van der Waals surface area contributed by atoms with Crippen molar-refractivity contribution < 1.29 is 4.74 Å². The van der Waals surface area contributed by atoms with Crippen LogP contribution in [0.3, 0.4) is 0 Å². The molecule has 1 heterocycles. The maximum Gasteiger partial charge on any atom is 0.0594 e. The molecule has 1 saturated heterocycles. The highest BCUT2D eigenvalue weighted by molar-refractivity contribution is 7.13. The predicted molar refractivity (Wildman–Crippen MR) is 49.6 cm³/mol. The number of nitrogens with zero attached hydrogens (tertiary/aromatic N) is 2. The zero-order valence-corrected chi connectivity index (χ0v) is 8.28. The molecule has 1 unspecified atom stereocenters.